The molecule has 0 spiro atoms. The third kappa shape index (κ3) is 3.20. The summed E-state index contributed by atoms with van der Waals surface area (Å²) in [5.74, 6) is 0.149. The fourth-order valence-corrected chi connectivity index (χ4v) is 4.05. The molecule has 7 nitrogen and oxygen atoms in total. The van der Waals surface area contributed by atoms with E-state index in [1.165, 1.54) is 0 Å². The van der Waals surface area contributed by atoms with Gasteiger partial charge in [0.15, 0.2) is 0 Å². The van der Waals surface area contributed by atoms with E-state index in [-0.39, 0.29) is 11.8 Å². The number of fused-ring (bicyclic) bond motifs is 1. The summed E-state index contributed by atoms with van der Waals surface area (Å²) in [6.45, 7) is 6.56. The number of carbonyl (C=O) groups excluding carboxylic acids is 1. The number of nitrogens with zero attached hydrogens (tertiary/aromatic N) is 5. The summed E-state index contributed by atoms with van der Waals surface area (Å²) in [5, 5.41) is 0.703. The molecule has 2 aromatic heterocycles. The van der Waals surface area contributed by atoms with E-state index in [0.29, 0.717) is 30.7 Å². The zero-order chi connectivity index (χ0) is 19.1. The van der Waals surface area contributed by atoms with E-state index < -0.39 is 0 Å². The Bertz CT molecular complexity index is 887. The Morgan fingerprint density at radius 1 is 1.26 bits per heavy atom. The standard InChI is InChI=1S/C19H22ClN5O2/c1-11-15-9-25(10-16(15)23-12(2)17(11)20)18(26)13-4-5-24(8-13)14-6-21-19(27-3)22-7-14/h6-7,13H,4-5,8-10H2,1-3H3. The van der Waals surface area contributed by atoms with Crippen molar-refractivity contribution in [2.45, 2.75) is 33.4 Å². The molecule has 1 amide bonds. The molecule has 1 saturated heterocycles. The summed E-state index contributed by atoms with van der Waals surface area (Å²) in [6.07, 6.45) is 4.30. The van der Waals surface area contributed by atoms with E-state index in [2.05, 4.69) is 19.9 Å². The number of hydrogen-bond donors (Lipinski definition) is 0. The number of hydrogen-bond acceptors (Lipinski definition) is 6. The lowest BCUT2D eigenvalue weighted by atomic mass is 10.1. The normalized spacial score (nSPS) is 18.7. The first-order valence-electron chi connectivity index (χ1n) is 9.02. The summed E-state index contributed by atoms with van der Waals surface area (Å²) in [6, 6.07) is 0.345. The van der Waals surface area contributed by atoms with Crippen LogP contribution < -0.4 is 9.64 Å². The molecule has 0 radical (unpaired) electrons. The summed E-state index contributed by atoms with van der Waals surface area (Å²) < 4.78 is 5.00. The molecule has 1 unspecified atom stereocenters. The van der Waals surface area contributed by atoms with Crippen LogP contribution in [0, 0.1) is 19.8 Å². The summed E-state index contributed by atoms with van der Waals surface area (Å²) in [7, 11) is 1.54. The van der Waals surface area contributed by atoms with Crippen LogP contribution in [0.15, 0.2) is 12.4 Å². The second kappa shape index (κ2) is 6.96. The first kappa shape index (κ1) is 18.0. The van der Waals surface area contributed by atoms with Gasteiger partial charge in [-0.1, -0.05) is 11.6 Å². The van der Waals surface area contributed by atoms with Crippen molar-refractivity contribution in [1.29, 1.82) is 0 Å². The molecule has 8 heteroatoms. The maximum absolute atomic E-state index is 13.1. The minimum atomic E-state index is -0.0294. The number of methoxy groups -OCH3 is 1. The average Bonchev–Trinajstić information content (AvgIpc) is 3.33. The molecule has 0 aliphatic carbocycles. The number of aromatic nitrogens is 3. The Hall–Kier alpha value is -2.41. The molecule has 2 aromatic rings. The lowest BCUT2D eigenvalue weighted by Gasteiger charge is -2.21. The van der Waals surface area contributed by atoms with Gasteiger partial charge in [0.2, 0.25) is 5.91 Å². The van der Waals surface area contributed by atoms with Crippen molar-refractivity contribution < 1.29 is 9.53 Å². The molecule has 1 fully saturated rings. The largest absolute Gasteiger partial charge is 0.467 e. The van der Waals surface area contributed by atoms with Crippen molar-refractivity contribution in [2.75, 3.05) is 25.1 Å². The van der Waals surface area contributed by atoms with Gasteiger partial charge in [0.25, 0.3) is 0 Å². The van der Waals surface area contributed by atoms with E-state index >= 15 is 0 Å². The van der Waals surface area contributed by atoms with Crippen molar-refractivity contribution >= 4 is 23.2 Å². The molecule has 27 heavy (non-hydrogen) atoms. The van der Waals surface area contributed by atoms with Crippen LogP contribution in [-0.2, 0) is 17.9 Å². The molecule has 0 N–H and O–H groups in total. The van der Waals surface area contributed by atoms with E-state index in [9.17, 15) is 4.79 Å². The van der Waals surface area contributed by atoms with Gasteiger partial charge in [-0.15, -0.1) is 0 Å². The van der Waals surface area contributed by atoms with Crippen LogP contribution in [0.3, 0.4) is 0 Å². The average molecular weight is 388 g/mol. The third-order valence-corrected chi connectivity index (χ3v) is 6.01. The third-order valence-electron chi connectivity index (χ3n) is 5.45. The first-order chi connectivity index (χ1) is 13.0. The molecule has 4 rings (SSSR count). The van der Waals surface area contributed by atoms with Crippen LogP contribution in [0.4, 0.5) is 5.69 Å². The van der Waals surface area contributed by atoms with Crippen LogP contribution in [0.25, 0.3) is 0 Å². The molecule has 1 atom stereocenters. The van der Waals surface area contributed by atoms with Crippen LogP contribution >= 0.6 is 11.6 Å². The molecule has 142 valence electrons. The van der Waals surface area contributed by atoms with Crippen LogP contribution in [0.2, 0.25) is 5.02 Å². The molecule has 4 heterocycles. The van der Waals surface area contributed by atoms with Gasteiger partial charge in [-0.25, -0.2) is 9.97 Å². The topological polar surface area (TPSA) is 71.5 Å². The van der Waals surface area contributed by atoms with E-state index in [1.807, 2.05) is 18.7 Å². The summed E-state index contributed by atoms with van der Waals surface area (Å²) >= 11 is 6.33. The summed E-state index contributed by atoms with van der Waals surface area (Å²) in [5.41, 5.74) is 4.85. The maximum atomic E-state index is 13.1. The Morgan fingerprint density at radius 2 is 2.00 bits per heavy atom. The Morgan fingerprint density at radius 3 is 2.70 bits per heavy atom. The first-order valence-corrected chi connectivity index (χ1v) is 9.40. The van der Waals surface area contributed by atoms with Crippen molar-refractivity contribution in [3.8, 4) is 6.01 Å². The number of aryl methyl sites for hydroxylation is 1. The number of amides is 1. The Kier molecular flexibility index (Phi) is 4.63. The summed E-state index contributed by atoms with van der Waals surface area (Å²) in [4.78, 5) is 30.0. The zero-order valence-corrected chi connectivity index (χ0v) is 16.5. The van der Waals surface area contributed by atoms with Crippen molar-refractivity contribution in [3.05, 3.63) is 39.9 Å². The van der Waals surface area contributed by atoms with Crippen LogP contribution in [0.1, 0.15) is 28.9 Å². The van der Waals surface area contributed by atoms with Crippen LogP contribution in [-0.4, -0.2) is 46.0 Å². The maximum Gasteiger partial charge on any atom is 0.316 e. The van der Waals surface area contributed by atoms with Gasteiger partial charge in [0, 0.05) is 19.6 Å². The minimum Gasteiger partial charge on any atom is -0.467 e. The smallest absolute Gasteiger partial charge is 0.316 e. The highest BCUT2D eigenvalue weighted by Gasteiger charge is 2.35. The van der Waals surface area contributed by atoms with Gasteiger partial charge >= 0.3 is 6.01 Å². The molecule has 0 aromatic carbocycles. The van der Waals surface area contributed by atoms with Gasteiger partial charge in [-0.2, -0.15) is 0 Å². The molecular formula is C19H22ClN5O2. The van der Waals surface area contributed by atoms with Gasteiger partial charge < -0.3 is 14.5 Å². The number of carbonyl (C=O) groups is 1. The number of anilines is 1. The zero-order valence-electron chi connectivity index (χ0n) is 15.7. The Balaban J connectivity index is 1.44. The lowest BCUT2D eigenvalue weighted by molar-refractivity contribution is -0.135. The molecule has 2 aliphatic heterocycles. The monoisotopic (exact) mass is 387 g/mol. The van der Waals surface area contributed by atoms with Gasteiger partial charge in [0.1, 0.15) is 0 Å². The van der Waals surface area contributed by atoms with Crippen molar-refractivity contribution in [3.63, 3.8) is 0 Å². The molecule has 0 bridgehead atoms. The number of pyridine rings is 1. The second-order valence-corrected chi connectivity index (χ2v) is 7.49. The van der Waals surface area contributed by atoms with Gasteiger partial charge in [-0.3, -0.25) is 9.78 Å². The van der Waals surface area contributed by atoms with E-state index in [0.717, 1.165) is 41.2 Å². The van der Waals surface area contributed by atoms with E-state index in [4.69, 9.17) is 16.3 Å². The predicted octanol–water partition coefficient (Wildman–Crippen LogP) is 2.52. The lowest BCUT2D eigenvalue weighted by Crippen LogP contribution is -2.34. The van der Waals surface area contributed by atoms with Gasteiger partial charge in [0.05, 0.1) is 54.1 Å². The SMILES string of the molecule is COc1ncc(N2CCC(C(=O)N3Cc4nc(C)c(Cl)c(C)c4C3)C2)cn1. The van der Waals surface area contributed by atoms with Crippen molar-refractivity contribution in [2.24, 2.45) is 5.92 Å². The highest BCUT2D eigenvalue weighted by molar-refractivity contribution is 6.32. The number of halogens is 1. The number of ether oxygens (including phenoxy) is 1. The van der Waals surface area contributed by atoms with Gasteiger partial charge in [-0.05, 0) is 31.4 Å². The second-order valence-electron chi connectivity index (χ2n) is 7.12. The molecule has 2 aliphatic rings. The highest BCUT2D eigenvalue weighted by Crippen LogP contribution is 2.33. The van der Waals surface area contributed by atoms with Crippen LogP contribution in [0.5, 0.6) is 6.01 Å². The minimum absolute atomic E-state index is 0.0294. The fraction of sp³-hybridized carbons (Fsp3) is 0.474. The van der Waals surface area contributed by atoms with Crippen molar-refractivity contribution in [1.82, 2.24) is 19.9 Å². The quantitative estimate of drug-likeness (QED) is 0.805. The molecule has 0 saturated carbocycles. The number of rotatable bonds is 3. The highest BCUT2D eigenvalue weighted by atomic mass is 35.5. The predicted molar refractivity (Wildman–Crippen MR) is 102 cm³/mol. The molecular weight excluding hydrogens is 366 g/mol. The Labute approximate surface area is 163 Å². The fourth-order valence-electron chi connectivity index (χ4n) is 3.90. The van der Waals surface area contributed by atoms with E-state index in [1.54, 1.807) is 19.5 Å².